The second kappa shape index (κ2) is 11.5. The number of rotatable bonds is 5. The van der Waals surface area contributed by atoms with Crippen molar-refractivity contribution in [1.29, 1.82) is 0 Å². The van der Waals surface area contributed by atoms with Gasteiger partial charge in [-0.25, -0.2) is 23.4 Å². The number of ether oxygens (including phenoxy) is 1. The molecule has 11 nitrogen and oxygen atoms in total. The summed E-state index contributed by atoms with van der Waals surface area (Å²) in [6.07, 6.45) is -4.78. The number of aromatic nitrogens is 4. The smallest absolute Gasteiger partial charge is 0.485 e. The molecule has 0 bridgehead atoms. The van der Waals surface area contributed by atoms with Gasteiger partial charge in [0.15, 0.2) is 17.2 Å². The Bertz CT molecular complexity index is 1810. The molecule has 5 aromatic rings. The van der Waals surface area contributed by atoms with Crippen LogP contribution in [0.25, 0.3) is 16.6 Å². The SMILES string of the molecule is Cc1nc2c(OCc3c(F)cccc3F)cccn2c1C(=O)Nc1nn(C(=O)O)c2ccccc12.O=C(O)C(F)(F)F. The Hall–Kier alpha value is -5.54. The first-order valence-electron chi connectivity index (χ1n) is 11.7. The zero-order chi connectivity index (χ0) is 30.8. The quantitative estimate of drug-likeness (QED) is 0.235. The second-order valence-electron chi connectivity index (χ2n) is 8.42. The lowest BCUT2D eigenvalue weighted by molar-refractivity contribution is -0.192. The number of aryl methyl sites for hydroxylation is 1. The average molecular weight is 591 g/mol. The van der Waals surface area contributed by atoms with E-state index in [0.717, 1.165) is 16.8 Å². The van der Waals surface area contributed by atoms with E-state index in [9.17, 15) is 36.6 Å². The fourth-order valence-electron chi connectivity index (χ4n) is 3.83. The topological polar surface area (TPSA) is 148 Å². The highest BCUT2D eigenvalue weighted by Crippen LogP contribution is 2.27. The number of imidazole rings is 1. The van der Waals surface area contributed by atoms with Gasteiger partial charge >= 0.3 is 18.2 Å². The lowest BCUT2D eigenvalue weighted by Crippen LogP contribution is -2.21. The van der Waals surface area contributed by atoms with Gasteiger partial charge in [-0.2, -0.15) is 17.9 Å². The molecule has 5 rings (SSSR count). The molecule has 3 heterocycles. The molecule has 0 saturated heterocycles. The standard InChI is InChI=1S/C24H17F2N5O4.C2HF3O2/c1-13-20(23(32)28-21-14-6-2-3-9-18(14)31(29-21)24(33)34)30-11-5-10-19(22(30)27-13)35-12-15-16(25)7-4-8-17(15)26;3-2(4,5)1(6)7/h2-11H,12H2,1H3,(H,33,34)(H,28,29,32);(H,6,7). The number of nitrogens with zero attached hydrogens (tertiary/aromatic N) is 4. The van der Waals surface area contributed by atoms with E-state index in [-0.39, 0.29) is 35.1 Å². The predicted molar refractivity (Wildman–Crippen MR) is 135 cm³/mol. The predicted octanol–water partition coefficient (Wildman–Crippen LogP) is 5.26. The Morgan fingerprint density at radius 2 is 1.62 bits per heavy atom. The van der Waals surface area contributed by atoms with E-state index < -0.39 is 35.8 Å². The van der Waals surface area contributed by atoms with Gasteiger partial charge in [0, 0.05) is 11.6 Å². The Balaban J connectivity index is 0.000000517. The molecule has 0 spiro atoms. The molecule has 0 saturated carbocycles. The summed E-state index contributed by atoms with van der Waals surface area (Å²) in [5, 5.41) is 23.6. The molecule has 0 radical (unpaired) electrons. The molecule has 0 aliphatic heterocycles. The number of benzene rings is 2. The number of anilines is 1. The van der Waals surface area contributed by atoms with Crippen LogP contribution in [0.5, 0.6) is 5.75 Å². The summed E-state index contributed by atoms with van der Waals surface area (Å²) in [6, 6.07) is 13.3. The minimum atomic E-state index is -5.08. The molecule has 0 unspecified atom stereocenters. The van der Waals surface area contributed by atoms with Gasteiger partial charge in [-0.15, -0.1) is 5.10 Å². The summed E-state index contributed by atoms with van der Waals surface area (Å²) >= 11 is 0. The molecule has 42 heavy (non-hydrogen) atoms. The van der Waals surface area contributed by atoms with Crippen molar-refractivity contribution in [3.05, 3.63) is 89.4 Å². The lowest BCUT2D eigenvalue weighted by Gasteiger charge is -2.09. The van der Waals surface area contributed by atoms with Crippen LogP contribution in [0, 0.1) is 18.6 Å². The van der Waals surface area contributed by atoms with Crippen molar-refractivity contribution in [2.45, 2.75) is 19.7 Å². The number of carbonyl (C=O) groups excluding carboxylic acids is 1. The van der Waals surface area contributed by atoms with Crippen molar-refractivity contribution in [1.82, 2.24) is 19.2 Å². The molecule has 0 fully saturated rings. The molecule has 218 valence electrons. The first-order chi connectivity index (χ1) is 19.8. The number of halogens is 5. The summed E-state index contributed by atoms with van der Waals surface area (Å²) < 4.78 is 67.6. The number of nitrogens with one attached hydrogen (secondary N) is 1. The van der Waals surface area contributed by atoms with Crippen LogP contribution in [-0.4, -0.2) is 53.5 Å². The number of hydrogen-bond donors (Lipinski definition) is 3. The average Bonchev–Trinajstić information content (AvgIpc) is 3.46. The second-order valence-corrected chi connectivity index (χ2v) is 8.42. The summed E-state index contributed by atoms with van der Waals surface area (Å²) in [5.74, 6) is -4.50. The van der Waals surface area contributed by atoms with Gasteiger partial charge in [0.1, 0.15) is 23.9 Å². The number of fused-ring (bicyclic) bond motifs is 2. The van der Waals surface area contributed by atoms with Crippen molar-refractivity contribution in [3.8, 4) is 5.75 Å². The third-order valence-electron chi connectivity index (χ3n) is 5.68. The van der Waals surface area contributed by atoms with Crippen LogP contribution in [0.2, 0.25) is 0 Å². The maximum absolute atomic E-state index is 14.0. The number of carbonyl (C=O) groups is 3. The number of amides is 1. The summed E-state index contributed by atoms with van der Waals surface area (Å²) in [7, 11) is 0. The zero-order valence-corrected chi connectivity index (χ0v) is 21.2. The van der Waals surface area contributed by atoms with E-state index in [1.165, 1.54) is 10.5 Å². The van der Waals surface area contributed by atoms with E-state index in [0.29, 0.717) is 16.6 Å². The summed E-state index contributed by atoms with van der Waals surface area (Å²) in [4.78, 5) is 38.0. The van der Waals surface area contributed by atoms with Crippen LogP contribution in [0.4, 0.5) is 32.6 Å². The van der Waals surface area contributed by atoms with Crippen LogP contribution in [0.3, 0.4) is 0 Å². The van der Waals surface area contributed by atoms with E-state index >= 15 is 0 Å². The first-order valence-corrected chi connectivity index (χ1v) is 11.7. The molecule has 0 aliphatic carbocycles. The van der Waals surface area contributed by atoms with E-state index in [4.69, 9.17) is 14.6 Å². The fraction of sp³-hybridized carbons (Fsp3) is 0.115. The molecule has 0 atom stereocenters. The summed E-state index contributed by atoms with van der Waals surface area (Å²) in [5.41, 5.74) is 0.889. The van der Waals surface area contributed by atoms with E-state index in [2.05, 4.69) is 15.4 Å². The van der Waals surface area contributed by atoms with Gasteiger partial charge in [-0.3, -0.25) is 9.20 Å². The Morgan fingerprint density at radius 1 is 0.976 bits per heavy atom. The highest BCUT2D eigenvalue weighted by atomic mass is 19.4. The van der Waals surface area contributed by atoms with E-state index in [1.54, 1.807) is 49.5 Å². The summed E-state index contributed by atoms with van der Waals surface area (Å²) in [6.45, 7) is 1.25. The van der Waals surface area contributed by atoms with Crippen LogP contribution in [0.1, 0.15) is 21.7 Å². The molecular weight excluding hydrogens is 573 g/mol. The molecule has 16 heteroatoms. The van der Waals surface area contributed by atoms with Gasteiger partial charge in [0.25, 0.3) is 5.91 Å². The van der Waals surface area contributed by atoms with Gasteiger partial charge in [0.2, 0.25) is 0 Å². The number of carboxylic acids is 1. The van der Waals surface area contributed by atoms with Crippen LogP contribution in [-0.2, 0) is 11.4 Å². The van der Waals surface area contributed by atoms with Crippen LogP contribution >= 0.6 is 0 Å². The fourth-order valence-corrected chi connectivity index (χ4v) is 3.83. The lowest BCUT2D eigenvalue weighted by atomic mass is 10.2. The van der Waals surface area contributed by atoms with Crippen molar-refractivity contribution in [2.24, 2.45) is 0 Å². The number of alkyl halides is 3. The Kier molecular flexibility index (Phi) is 8.08. The third-order valence-corrected chi connectivity index (χ3v) is 5.68. The maximum atomic E-state index is 14.0. The monoisotopic (exact) mass is 591 g/mol. The number of carboxylic acid groups (broad SMARTS) is 2. The molecule has 2 aromatic carbocycles. The number of pyridine rings is 1. The van der Waals surface area contributed by atoms with Crippen molar-refractivity contribution in [3.63, 3.8) is 0 Å². The number of aliphatic carboxylic acids is 1. The zero-order valence-electron chi connectivity index (χ0n) is 21.2. The first kappa shape index (κ1) is 29.4. The Morgan fingerprint density at radius 3 is 2.24 bits per heavy atom. The van der Waals surface area contributed by atoms with Gasteiger partial charge in [-0.1, -0.05) is 18.2 Å². The molecule has 3 aromatic heterocycles. The van der Waals surface area contributed by atoms with Crippen molar-refractivity contribution >= 4 is 40.3 Å². The highest BCUT2D eigenvalue weighted by Gasteiger charge is 2.38. The minimum Gasteiger partial charge on any atom is -0.485 e. The highest BCUT2D eigenvalue weighted by molar-refractivity contribution is 6.08. The largest absolute Gasteiger partial charge is 0.490 e. The van der Waals surface area contributed by atoms with Gasteiger partial charge < -0.3 is 20.3 Å². The number of para-hydroxylation sites is 1. The van der Waals surface area contributed by atoms with Gasteiger partial charge in [0.05, 0.1) is 16.8 Å². The molecular formula is C26H18F5N5O6. The van der Waals surface area contributed by atoms with Crippen LogP contribution < -0.4 is 10.1 Å². The van der Waals surface area contributed by atoms with Crippen molar-refractivity contribution in [2.75, 3.05) is 5.32 Å². The van der Waals surface area contributed by atoms with Gasteiger partial charge in [-0.05, 0) is 43.3 Å². The van der Waals surface area contributed by atoms with Crippen LogP contribution in [0.15, 0.2) is 60.8 Å². The maximum Gasteiger partial charge on any atom is 0.490 e. The van der Waals surface area contributed by atoms with E-state index in [1.807, 2.05) is 0 Å². The minimum absolute atomic E-state index is 0.0739. The Labute approximate surface area is 231 Å². The molecule has 3 N–H and O–H groups in total. The normalized spacial score (nSPS) is 11.2. The number of hydrogen-bond acceptors (Lipinski definition) is 6. The molecule has 1 amide bonds. The van der Waals surface area contributed by atoms with Crippen molar-refractivity contribution < 1.29 is 51.3 Å². The molecule has 0 aliphatic rings. The third kappa shape index (κ3) is 5.96.